The topological polar surface area (TPSA) is 88.4 Å². The van der Waals surface area contributed by atoms with Gasteiger partial charge in [-0.1, -0.05) is 12.1 Å². The highest BCUT2D eigenvalue weighted by Gasteiger charge is 2.27. The van der Waals surface area contributed by atoms with Crippen molar-refractivity contribution in [3.05, 3.63) is 62.3 Å². The molecule has 4 rings (SSSR count). The number of benzene rings is 1. The van der Waals surface area contributed by atoms with Crippen LogP contribution in [0.1, 0.15) is 37.6 Å². The summed E-state index contributed by atoms with van der Waals surface area (Å²) in [5.74, 6) is -0.806. The van der Waals surface area contributed by atoms with Crippen LogP contribution < -0.4 is 16.1 Å². The number of anilines is 1. The van der Waals surface area contributed by atoms with Crippen LogP contribution in [0.15, 0.2) is 39.7 Å². The zero-order valence-electron chi connectivity index (χ0n) is 14.0. The Hall–Kier alpha value is -2.93. The molecule has 1 aliphatic carbocycles. The molecule has 132 valence electrons. The van der Waals surface area contributed by atoms with E-state index in [-0.39, 0.29) is 11.5 Å². The third kappa shape index (κ3) is 2.61. The van der Waals surface area contributed by atoms with Crippen molar-refractivity contribution >= 4 is 39.1 Å². The molecule has 2 aromatic heterocycles. The average molecular weight is 368 g/mol. The summed E-state index contributed by atoms with van der Waals surface area (Å²) in [5, 5.41) is 6.18. The lowest BCUT2D eigenvalue weighted by atomic mass is 10.1. The monoisotopic (exact) mass is 368 g/mol. The van der Waals surface area contributed by atoms with Gasteiger partial charge in [0.1, 0.15) is 22.4 Å². The van der Waals surface area contributed by atoms with Crippen molar-refractivity contribution in [3.8, 4) is 0 Å². The Balaban J connectivity index is 1.73. The molecule has 7 heteroatoms. The average Bonchev–Trinajstić information content (AvgIpc) is 3.22. The lowest BCUT2D eigenvalue weighted by molar-refractivity contribution is 0.0963. The van der Waals surface area contributed by atoms with E-state index in [1.165, 1.54) is 17.6 Å². The zero-order chi connectivity index (χ0) is 18.3. The molecule has 1 aliphatic rings. The van der Waals surface area contributed by atoms with Crippen molar-refractivity contribution in [2.24, 2.45) is 0 Å². The maximum Gasteiger partial charge on any atom is 0.263 e. The molecule has 0 fully saturated rings. The third-order valence-corrected chi connectivity index (χ3v) is 5.73. The summed E-state index contributed by atoms with van der Waals surface area (Å²) in [6, 6.07) is 6.77. The normalized spacial score (nSPS) is 12.8. The molecule has 6 nitrogen and oxygen atoms in total. The molecule has 0 saturated heterocycles. The number of fused-ring (bicyclic) bond motifs is 2. The van der Waals surface area contributed by atoms with Crippen molar-refractivity contribution < 1.29 is 14.0 Å². The molecule has 1 aromatic carbocycles. The van der Waals surface area contributed by atoms with Crippen molar-refractivity contribution in [2.75, 3.05) is 12.4 Å². The van der Waals surface area contributed by atoms with Gasteiger partial charge in [-0.2, -0.15) is 0 Å². The highest BCUT2D eigenvalue weighted by molar-refractivity contribution is 7.17. The number of rotatable bonds is 3. The first kappa shape index (κ1) is 16.5. The predicted molar refractivity (Wildman–Crippen MR) is 100 cm³/mol. The summed E-state index contributed by atoms with van der Waals surface area (Å²) < 4.78 is 5.41. The maximum absolute atomic E-state index is 12.7. The highest BCUT2D eigenvalue weighted by atomic mass is 32.1. The Morgan fingerprint density at radius 2 is 1.96 bits per heavy atom. The number of carbonyl (C=O) groups excluding carboxylic acids is 2. The Morgan fingerprint density at radius 1 is 1.15 bits per heavy atom. The van der Waals surface area contributed by atoms with Crippen LogP contribution in [0.4, 0.5) is 5.00 Å². The molecular weight excluding hydrogens is 352 g/mol. The van der Waals surface area contributed by atoms with Gasteiger partial charge in [0.15, 0.2) is 0 Å². The summed E-state index contributed by atoms with van der Waals surface area (Å²) in [6.45, 7) is 0. The Morgan fingerprint density at radius 3 is 2.77 bits per heavy atom. The maximum atomic E-state index is 12.7. The number of hydrogen-bond donors (Lipinski definition) is 2. The molecule has 2 N–H and O–H groups in total. The smallest absolute Gasteiger partial charge is 0.263 e. The first-order valence-electron chi connectivity index (χ1n) is 8.28. The first-order valence-corrected chi connectivity index (χ1v) is 9.10. The van der Waals surface area contributed by atoms with E-state index >= 15 is 0 Å². The number of nitrogens with one attached hydrogen (secondary N) is 2. The fourth-order valence-electron chi connectivity index (χ4n) is 3.26. The molecule has 0 spiro atoms. The van der Waals surface area contributed by atoms with Gasteiger partial charge in [-0.25, -0.2) is 0 Å². The van der Waals surface area contributed by atoms with Crippen LogP contribution in [0.3, 0.4) is 0 Å². The van der Waals surface area contributed by atoms with Crippen molar-refractivity contribution in [2.45, 2.75) is 19.3 Å². The highest BCUT2D eigenvalue weighted by Crippen LogP contribution is 2.39. The minimum atomic E-state index is -0.574. The largest absolute Gasteiger partial charge is 0.463 e. The molecule has 0 atom stereocenters. The summed E-state index contributed by atoms with van der Waals surface area (Å²) in [7, 11) is 1.56. The quantitative estimate of drug-likeness (QED) is 0.744. The van der Waals surface area contributed by atoms with E-state index in [0.29, 0.717) is 21.5 Å². The van der Waals surface area contributed by atoms with Crippen LogP contribution in [-0.2, 0) is 12.8 Å². The van der Waals surface area contributed by atoms with E-state index in [1.807, 2.05) is 0 Å². The molecule has 0 saturated carbocycles. The van der Waals surface area contributed by atoms with E-state index < -0.39 is 11.3 Å². The fraction of sp³-hybridized carbons (Fsp3) is 0.211. The molecule has 0 unspecified atom stereocenters. The first-order chi connectivity index (χ1) is 12.6. The van der Waals surface area contributed by atoms with Gasteiger partial charge in [0.2, 0.25) is 5.43 Å². The standard InChI is InChI=1S/C19H16N2O4S/c1-20-18(24)15-11-6-4-8-14(11)26-19(15)21-17(23)12-9-25-13-7-3-2-5-10(13)16(12)22/h2-3,5,7,9H,4,6,8H2,1H3,(H,20,24)(H,21,23). The van der Waals surface area contributed by atoms with E-state index in [4.69, 9.17) is 4.42 Å². The summed E-state index contributed by atoms with van der Waals surface area (Å²) >= 11 is 1.40. The zero-order valence-corrected chi connectivity index (χ0v) is 14.9. The van der Waals surface area contributed by atoms with Crippen LogP contribution in [0, 0.1) is 0 Å². The number of para-hydroxylation sites is 1. The van der Waals surface area contributed by atoms with Crippen molar-refractivity contribution in [3.63, 3.8) is 0 Å². The number of carbonyl (C=O) groups is 2. The number of aryl methyl sites for hydroxylation is 1. The van der Waals surface area contributed by atoms with Crippen LogP contribution in [0.5, 0.6) is 0 Å². The van der Waals surface area contributed by atoms with Gasteiger partial charge >= 0.3 is 0 Å². The molecule has 0 bridgehead atoms. The fourth-order valence-corrected chi connectivity index (χ4v) is 4.54. The van der Waals surface area contributed by atoms with E-state index in [1.54, 1.807) is 31.3 Å². The van der Waals surface area contributed by atoms with Gasteiger partial charge in [0.05, 0.1) is 10.9 Å². The lowest BCUT2D eigenvalue weighted by Crippen LogP contribution is -2.24. The molecule has 0 aliphatic heterocycles. The molecule has 2 amide bonds. The van der Waals surface area contributed by atoms with E-state index in [9.17, 15) is 14.4 Å². The van der Waals surface area contributed by atoms with Crippen LogP contribution in [0.2, 0.25) is 0 Å². The molecular formula is C19H16N2O4S. The van der Waals surface area contributed by atoms with E-state index in [0.717, 1.165) is 29.7 Å². The molecule has 26 heavy (non-hydrogen) atoms. The summed E-state index contributed by atoms with van der Waals surface area (Å²) in [5.41, 5.74) is 1.45. The second-order valence-corrected chi connectivity index (χ2v) is 7.17. The molecule has 2 heterocycles. The molecule has 0 radical (unpaired) electrons. The van der Waals surface area contributed by atoms with Gasteiger partial charge in [-0.15, -0.1) is 11.3 Å². The minimum Gasteiger partial charge on any atom is -0.463 e. The number of hydrogen-bond acceptors (Lipinski definition) is 5. The van der Waals surface area contributed by atoms with Crippen molar-refractivity contribution in [1.29, 1.82) is 0 Å². The summed E-state index contributed by atoms with van der Waals surface area (Å²) in [4.78, 5) is 38.6. The van der Waals surface area contributed by atoms with Crippen LogP contribution in [0.25, 0.3) is 11.0 Å². The number of thiophene rings is 1. The van der Waals surface area contributed by atoms with Gasteiger partial charge in [0, 0.05) is 11.9 Å². The Labute approximate surface area is 152 Å². The Kier molecular flexibility index (Phi) is 4.08. The minimum absolute atomic E-state index is 0.0832. The van der Waals surface area contributed by atoms with Gasteiger partial charge in [-0.05, 0) is 37.0 Å². The van der Waals surface area contributed by atoms with Crippen LogP contribution >= 0.6 is 11.3 Å². The second-order valence-electron chi connectivity index (χ2n) is 6.07. The Bertz CT molecular complexity index is 1100. The van der Waals surface area contributed by atoms with Crippen LogP contribution in [-0.4, -0.2) is 18.9 Å². The third-order valence-electron chi connectivity index (χ3n) is 4.53. The number of amides is 2. The van der Waals surface area contributed by atoms with Gasteiger partial charge in [-0.3, -0.25) is 14.4 Å². The SMILES string of the molecule is CNC(=O)c1c(NC(=O)c2coc3ccccc3c2=O)sc2c1CCC2. The van der Waals surface area contributed by atoms with Gasteiger partial charge in [0.25, 0.3) is 11.8 Å². The predicted octanol–water partition coefficient (Wildman–Crippen LogP) is 2.96. The second kappa shape index (κ2) is 6.42. The van der Waals surface area contributed by atoms with Crippen molar-refractivity contribution in [1.82, 2.24) is 5.32 Å². The van der Waals surface area contributed by atoms with E-state index in [2.05, 4.69) is 10.6 Å². The van der Waals surface area contributed by atoms with Gasteiger partial charge < -0.3 is 15.1 Å². The lowest BCUT2D eigenvalue weighted by Gasteiger charge is -2.07. The molecule has 3 aromatic rings. The summed E-state index contributed by atoms with van der Waals surface area (Å²) in [6.07, 6.45) is 3.90.